The maximum atomic E-state index is 13.0. The van der Waals surface area contributed by atoms with Gasteiger partial charge in [-0.15, -0.1) is 0 Å². The van der Waals surface area contributed by atoms with Crippen LogP contribution in [-0.2, 0) is 14.3 Å². The van der Waals surface area contributed by atoms with E-state index in [0.29, 0.717) is 34.9 Å². The Balaban J connectivity index is 1.62. The molecule has 0 spiro atoms. The average Bonchev–Trinajstić information content (AvgIpc) is 3.15. The van der Waals surface area contributed by atoms with Crippen molar-refractivity contribution in [3.05, 3.63) is 70.4 Å². The molecule has 1 atom stereocenters. The van der Waals surface area contributed by atoms with E-state index in [1.54, 1.807) is 12.1 Å². The largest absolute Gasteiger partial charge is 0.494 e. The molecule has 8 heteroatoms. The molecule has 2 aliphatic rings. The van der Waals surface area contributed by atoms with Crippen molar-refractivity contribution >= 4 is 23.6 Å². The van der Waals surface area contributed by atoms with Crippen LogP contribution in [0.5, 0.6) is 5.75 Å². The highest BCUT2D eigenvalue weighted by Crippen LogP contribution is 2.38. The average molecular weight is 435 g/mol. The number of rotatable bonds is 6. The molecule has 2 aromatic rings. The van der Waals surface area contributed by atoms with Gasteiger partial charge in [0.1, 0.15) is 18.9 Å². The van der Waals surface area contributed by atoms with Gasteiger partial charge in [-0.2, -0.15) is 0 Å². The molecular formula is C24H25N3O5. The zero-order valence-corrected chi connectivity index (χ0v) is 18.2. The molecule has 0 aliphatic carbocycles. The van der Waals surface area contributed by atoms with Gasteiger partial charge in [0.05, 0.1) is 23.9 Å². The summed E-state index contributed by atoms with van der Waals surface area (Å²) in [6.45, 7) is 5.88. The number of hydrogen-bond donors (Lipinski definition) is 2. The van der Waals surface area contributed by atoms with E-state index in [4.69, 9.17) is 9.47 Å². The first kappa shape index (κ1) is 21.4. The molecule has 8 nitrogen and oxygen atoms in total. The Morgan fingerprint density at radius 3 is 2.75 bits per heavy atom. The molecule has 0 saturated carbocycles. The molecule has 0 aromatic heterocycles. The molecule has 0 fully saturated rings. The van der Waals surface area contributed by atoms with E-state index in [-0.39, 0.29) is 19.1 Å². The number of cyclic esters (lactones) is 1. The molecule has 3 amide bonds. The Kier molecular flexibility index (Phi) is 5.85. The second-order valence-electron chi connectivity index (χ2n) is 7.67. The summed E-state index contributed by atoms with van der Waals surface area (Å²) in [5.74, 6) is -0.308. The first-order valence-corrected chi connectivity index (χ1v) is 10.5. The molecule has 0 saturated heterocycles. The SMILES string of the molecule is CCOc1ccccc1[C@H]1NC(=O)N(CC(=O)Nc2cccc(C)c2C)C2=C1C(=O)OC2. The van der Waals surface area contributed by atoms with Gasteiger partial charge >= 0.3 is 12.0 Å². The lowest BCUT2D eigenvalue weighted by Gasteiger charge is -2.33. The van der Waals surface area contributed by atoms with E-state index < -0.39 is 18.0 Å². The monoisotopic (exact) mass is 435 g/mol. The number of anilines is 1. The van der Waals surface area contributed by atoms with Crippen molar-refractivity contribution < 1.29 is 23.9 Å². The number of para-hydroxylation sites is 1. The fourth-order valence-corrected chi connectivity index (χ4v) is 3.94. The normalized spacial score (nSPS) is 17.6. The summed E-state index contributed by atoms with van der Waals surface area (Å²) in [6.07, 6.45) is 0. The van der Waals surface area contributed by atoms with Crippen LogP contribution in [0.25, 0.3) is 0 Å². The molecule has 2 N–H and O–H groups in total. The lowest BCUT2D eigenvalue weighted by molar-refractivity contribution is -0.136. The van der Waals surface area contributed by atoms with E-state index in [2.05, 4.69) is 10.6 Å². The second kappa shape index (κ2) is 8.74. The summed E-state index contributed by atoms with van der Waals surface area (Å²) in [5, 5.41) is 5.69. The van der Waals surface area contributed by atoms with E-state index in [1.165, 1.54) is 4.90 Å². The van der Waals surface area contributed by atoms with Gasteiger partial charge in [-0.25, -0.2) is 9.59 Å². The van der Waals surface area contributed by atoms with Crippen LogP contribution < -0.4 is 15.4 Å². The van der Waals surface area contributed by atoms with Crippen molar-refractivity contribution in [1.29, 1.82) is 0 Å². The molecular weight excluding hydrogens is 410 g/mol. The fraction of sp³-hybridized carbons (Fsp3) is 0.292. The third kappa shape index (κ3) is 3.91. The van der Waals surface area contributed by atoms with E-state index in [0.717, 1.165) is 11.1 Å². The summed E-state index contributed by atoms with van der Waals surface area (Å²) < 4.78 is 10.9. The van der Waals surface area contributed by atoms with Crippen LogP contribution in [0.3, 0.4) is 0 Å². The van der Waals surface area contributed by atoms with E-state index >= 15 is 0 Å². The number of esters is 1. The van der Waals surface area contributed by atoms with Crippen LogP contribution in [0.15, 0.2) is 53.7 Å². The number of aryl methyl sites for hydroxylation is 1. The van der Waals surface area contributed by atoms with Crippen molar-refractivity contribution in [1.82, 2.24) is 10.2 Å². The van der Waals surface area contributed by atoms with Crippen molar-refractivity contribution in [2.75, 3.05) is 25.1 Å². The Morgan fingerprint density at radius 2 is 1.97 bits per heavy atom. The van der Waals surface area contributed by atoms with Gasteiger partial charge in [-0.3, -0.25) is 9.69 Å². The van der Waals surface area contributed by atoms with E-state index in [9.17, 15) is 14.4 Å². The van der Waals surface area contributed by atoms with Crippen LogP contribution in [0.4, 0.5) is 10.5 Å². The number of carbonyl (C=O) groups excluding carboxylic acids is 3. The van der Waals surface area contributed by atoms with Gasteiger partial charge in [0, 0.05) is 11.3 Å². The molecule has 2 aromatic carbocycles. The van der Waals surface area contributed by atoms with Crippen molar-refractivity contribution in [3.63, 3.8) is 0 Å². The Labute approximate surface area is 186 Å². The molecule has 2 aliphatic heterocycles. The maximum absolute atomic E-state index is 13.0. The summed E-state index contributed by atoms with van der Waals surface area (Å²) in [4.78, 5) is 39.6. The Hall–Kier alpha value is -3.81. The van der Waals surface area contributed by atoms with Crippen LogP contribution in [0.1, 0.15) is 29.7 Å². The number of nitrogens with one attached hydrogen (secondary N) is 2. The summed E-state index contributed by atoms with van der Waals surface area (Å²) in [6, 6.07) is 11.7. The van der Waals surface area contributed by atoms with Gasteiger partial charge < -0.3 is 20.1 Å². The minimum absolute atomic E-state index is 0.0638. The molecule has 166 valence electrons. The molecule has 2 heterocycles. The minimum Gasteiger partial charge on any atom is -0.494 e. The predicted octanol–water partition coefficient (Wildman–Crippen LogP) is 3.22. The first-order chi connectivity index (χ1) is 15.4. The van der Waals surface area contributed by atoms with Crippen molar-refractivity contribution in [2.24, 2.45) is 0 Å². The zero-order valence-electron chi connectivity index (χ0n) is 18.2. The third-order valence-electron chi connectivity index (χ3n) is 5.71. The lowest BCUT2D eigenvalue weighted by atomic mass is 9.95. The standard InChI is InChI=1S/C24H25N3O5/c1-4-31-19-11-6-5-9-16(19)22-21-18(13-32-23(21)29)27(24(30)26-22)12-20(28)25-17-10-7-8-14(2)15(17)3/h5-11,22H,4,12-13H2,1-3H3,(H,25,28)(H,26,30)/t22-/m1/s1. The van der Waals surface area contributed by atoms with E-state index in [1.807, 2.05) is 51.1 Å². The third-order valence-corrected chi connectivity index (χ3v) is 5.71. The highest BCUT2D eigenvalue weighted by molar-refractivity contribution is 6.00. The first-order valence-electron chi connectivity index (χ1n) is 10.5. The van der Waals surface area contributed by atoms with Gasteiger partial charge in [-0.05, 0) is 44.0 Å². The maximum Gasteiger partial charge on any atom is 0.338 e. The van der Waals surface area contributed by atoms with Crippen LogP contribution in [-0.4, -0.2) is 42.6 Å². The van der Waals surface area contributed by atoms with Gasteiger partial charge in [0.15, 0.2) is 0 Å². The minimum atomic E-state index is -0.714. The number of nitrogens with zero attached hydrogens (tertiary/aromatic N) is 1. The van der Waals surface area contributed by atoms with Crippen LogP contribution >= 0.6 is 0 Å². The number of amides is 3. The highest BCUT2D eigenvalue weighted by Gasteiger charge is 2.43. The van der Waals surface area contributed by atoms with Crippen LogP contribution in [0, 0.1) is 13.8 Å². The predicted molar refractivity (Wildman–Crippen MR) is 118 cm³/mol. The number of ether oxygens (including phenoxy) is 2. The summed E-state index contributed by atoms with van der Waals surface area (Å²) in [7, 11) is 0. The van der Waals surface area contributed by atoms with Crippen LogP contribution in [0.2, 0.25) is 0 Å². The molecule has 4 rings (SSSR count). The molecule has 0 bridgehead atoms. The van der Waals surface area contributed by atoms with Crippen molar-refractivity contribution in [2.45, 2.75) is 26.8 Å². The summed E-state index contributed by atoms with van der Waals surface area (Å²) >= 11 is 0. The smallest absolute Gasteiger partial charge is 0.338 e. The van der Waals surface area contributed by atoms with Gasteiger partial charge in [0.2, 0.25) is 5.91 Å². The molecule has 32 heavy (non-hydrogen) atoms. The Morgan fingerprint density at radius 1 is 1.19 bits per heavy atom. The zero-order chi connectivity index (χ0) is 22.8. The van der Waals surface area contributed by atoms with Gasteiger partial charge in [0.25, 0.3) is 0 Å². The quantitative estimate of drug-likeness (QED) is 0.679. The number of benzene rings is 2. The number of hydrogen-bond acceptors (Lipinski definition) is 5. The molecule has 0 unspecified atom stereocenters. The second-order valence-corrected chi connectivity index (χ2v) is 7.67. The topological polar surface area (TPSA) is 97.0 Å². The molecule has 0 radical (unpaired) electrons. The highest BCUT2D eigenvalue weighted by atomic mass is 16.5. The number of urea groups is 1. The number of carbonyl (C=O) groups is 3. The lowest BCUT2D eigenvalue weighted by Crippen LogP contribution is -2.49. The van der Waals surface area contributed by atoms with Gasteiger partial charge in [-0.1, -0.05) is 30.3 Å². The van der Waals surface area contributed by atoms with Crippen molar-refractivity contribution in [3.8, 4) is 5.75 Å². The fourth-order valence-electron chi connectivity index (χ4n) is 3.94. The Bertz CT molecular complexity index is 1120. The summed E-state index contributed by atoms with van der Waals surface area (Å²) in [5.41, 5.74) is 4.06.